The van der Waals surface area contributed by atoms with E-state index in [4.69, 9.17) is 5.26 Å². The molecule has 0 N–H and O–H groups in total. The van der Waals surface area contributed by atoms with E-state index in [0.29, 0.717) is 12.5 Å². The first-order valence-electron chi connectivity index (χ1n) is 5.32. The molecule has 0 aromatic rings. The lowest BCUT2D eigenvalue weighted by atomic mass is 10.2. The standard InChI is InChI=1S/C11H22N2S/c1-4-11(10-14-3)13(2)9-7-5-6-8-12/h11H,4-7,9-10H2,1-3H3. The summed E-state index contributed by atoms with van der Waals surface area (Å²) < 4.78 is 0. The van der Waals surface area contributed by atoms with Crippen molar-refractivity contribution in [3.63, 3.8) is 0 Å². The summed E-state index contributed by atoms with van der Waals surface area (Å²) in [6.07, 6.45) is 6.26. The molecule has 0 fully saturated rings. The molecule has 0 aliphatic rings. The van der Waals surface area contributed by atoms with Crippen molar-refractivity contribution >= 4 is 11.8 Å². The fraction of sp³-hybridized carbons (Fsp3) is 0.909. The molecule has 82 valence electrons. The Labute approximate surface area is 92.7 Å². The van der Waals surface area contributed by atoms with Crippen LogP contribution in [0.2, 0.25) is 0 Å². The minimum atomic E-state index is 0.701. The lowest BCUT2D eigenvalue weighted by molar-refractivity contribution is 0.251. The first kappa shape index (κ1) is 13.8. The molecular weight excluding hydrogens is 192 g/mol. The van der Waals surface area contributed by atoms with Crippen LogP contribution in [0.5, 0.6) is 0 Å². The molecule has 0 radical (unpaired) electrons. The maximum Gasteiger partial charge on any atom is 0.0621 e. The van der Waals surface area contributed by atoms with Crippen molar-refractivity contribution in [2.45, 2.75) is 38.6 Å². The predicted molar refractivity (Wildman–Crippen MR) is 64.6 cm³/mol. The molecule has 0 bridgehead atoms. The Bertz CT molecular complexity index is 165. The highest BCUT2D eigenvalue weighted by Gasteiger charge is 2.10. The van der Waals surface area contributed by atoms with Crippen LogP contribution in [0, 0.1) is 11.3 Å². The monoisotopic (exact) mass is 214 g/mol. The zero-order chi connectivity index (χ0) is 10.8. The zero-order valence-corrected chi connectivity index (χ0v) is 10.4. The minimum absolute atomic E-state index is 0.701. The third-order valence-electron chi connectivity index (χ3n) is 2.50. The molecule has 0 aromatic heterocycles. The van der Waals surface area contributed by atoms with Crippen molar-refractivity contribution in [3.8, 4) is 6.07 Å². The number of hydrogen-bond donors (Lipinski definition) is 0. The SMILES string of the molecule is CCC(CSC)N(C)CCCCC#N. The number of nitriles is 1. The molecule has 2 nitrogen and oxygen atoms in total. The van der Waals surface area contributed by atoms with Gasteiger partial charge in [-0.15, -0.1) is 0 Å². The fourth-order valence-electron chi connectivity index (χ4n) is 1.50. The van der Waals surface area contributed by atoms with E-state index in [1.165, 1.54) is 12.2 Å². The maximum absolute atomic E-state index is 8.40. The van der Waals surface area contributed by atoms with Gasteiger partial charge in [0, 0.05) is 18.2 Å². The van der Waals surface area contributed by atoms with Gasteiger partial charge in [0.1, 0.15) is 0 Å². The summed E-state index contributed by atoms with van der Waals surface area (Å²) in [5, 5.41) is 8.40. The van der Waals surface area contributed by atoms with E-state index in [1.54, 1.807) is 0 Å². The van der Waals surface area contributed by atoms with Crippen LogP contribution in [0.3, 0.4) is 0 Å². The van der Waals surface area contributed by atoms with E-state index in [1.807, 2.05) is 11.8 Å². The molecule has 0 aromatic carbocycles. The molecule has 0 saturated heterocycles. The Balaban J connectivity index is 3.58. The Morgan fingerprint density at radius 1 is 1.43 bits per heavy atom. The molecule has 0 aliphatic heterocycles. The summed E-state index contributed by atoms with van der Waals surface area (Å²) in [6.45, 7) is 3.37. The van der Waals surface area contributed by atoms with Crippen LogP contribution in [0.1, 0.15) is 32.6 Å². The van der Waals surface area contributed by atoms with Crippen LogP contribution in [0.4, 0.5) is 0 Å². The molecule has 0 spiro atoms. The van der Waals surface area contributed by atoms with Crippen LogP contribution in [0.15, 0.2) is 0 Å². The summed E-state index contributed by atoms with van der Waals surface area (Å²) in [7, 11) is 2.19. The second-order valence-corrected chi connectivity index (χ2v) is 4.52. The number of hydrogen-bond acceptors (Lipinski definition) is 3. The third-order valence-corrected chi connectivity index (χ3v) is 3.22. The largest absolute Gasteiger partial charge is 0.303 e. The smallest absolute Gasteiger partial charge is 0.0621 e. The first-order chi connectivity index (χ1) is 6.76. The molecule has 0 heterocycles. The molecular formula is C11H22N2S. The zero-order valence-electron chi connectivity index (χ0n) is 9.62. The molecule has 0 saturated carbocycles. The highest BCUT2D eigenvalue weighted by Crippen LogP contribution is 2.09. The topological polar surface area (TPSA) is 27.0 Å². The van der Waals surface area contributed by atoms with Gasteiger partial charge in [0.15, 0.2) is 0 Å². The highest BCUT2D eigenvalue weighted by atomic mass is 32.2. The Kier molecular flexibility index (Phi) is 9.23. The van der Waals surface area contributed by atoms with Crippen LogP contribution in [0.25, 0.3) is 0 Å². The van der Waals surface area contributed by atoms with Gasteiger partial charge in [0.2, 0.25) is 0 Å². The van der Waals surface area contributed by atoms with Gasteiger partial charge >= 0.3 is 0 Å². The van der Waals surface area contributed by atoms with Crippen molar-refractivity contribution in [1.82, 2.24) is 4.90 Å². The third kappa shape index (κ3) is 6.28. The van der Waals surface area contributed by atoms with Crippen LogP contribution >= 0.6 is 11.8 Å². The van der Waals surface area contributed by atoms with Gasteiger partial charge in [-0.05, 0) is 39.1 Å². The van der Waals surface area contributed by atoms with Crippen molar-refractivity contribution in [2.75, 3.05) is 25.6 Å². The maximum atomic E-state index is 8.40. The van der Waals surface area contributed by atoms with Gasteiger partial charge in [-0.25, -0.2) is 0 Å². The van der Waals surface area contributed by atoms with Gasteiger partial charge in [-0.2, -0.15) is 17.0 Å². The molecule has 14 heavy (non-hydrogen) atoms. The van der Waals surface area contributed by atoms with E-state index in [2.05, 4.69) is 31.2 Å². The predicted octanol–water partition coefficient (Wildman–Crippen LogP) is 2.75. The van der Waals surface area contributed by atoms with Crippen molar-refractivity contribution < 1.29 is 0 Å². The second-order valence-electron chi connectivity index (χ2n) is 3.61. The minimum Gasteiger partial charge on any atom is -0.303 e. The van der Waals surface area contributed by atoms with Crippen molar-refractivity contribution in [2.24, 2.45) is 0 Å². The number of thioether (sulfide) groups is 1. The van der Waals surface area contributed by atoms with Gasteiger partial charge in [-0.1, -0.05) is 6.92 Å². The van der Waals surface area contributed by atoms with Crippen molar-refractivity contribution in [3.05, 3.63) is 0 Å². The van der Waals surface area contributed by atoms with Crippen LogP contribution < -0.4 is 0 Å². The van der Waals surface area contributed by atoms with Gasteiger partial charge < -0.3 is 4.90 Å². The van der Waals surface area contributed by atoms with Crippen LogP contribution in [-0.2, 0) is 0 Å². The average Bonchev–Trinajstić information content (AvgIpc) is 2.20. The Morgan fingerprint density at radius 3 is 2.64 bits per heavy atom. The number of rotatable bonds is 8. The lowest BCUT2D eigenvalue weighted by Crippen LogP contribution is -2.33. The molecule has 0 aliphatic carbocycles. The summed E-state index contributed by atoms with van der Waals surface area (Å²) >= 11 is 1.91. The summed E-state index contributed by atoms with van der Waals surface area (Å²) in [5.41, 5.74) is 0. The van der Waals surface area contributed by atoms with E-state index in [-0.39, 0.29) is 0 Å². The first-order valence-corrected chi connectivity index (χ1v) is 6.71. The Hall–Kier alpha value is -0.200. The van der Waals surface area contributed by atoms with Crippen molar-refractivity contribution in [1.29, 1.82) is 5.26 Å². The van der Waals surface area contributed by atoms with E-state index >= 15 is 0 Å². The van der Waals surface area contributed by atoms with Gasteiger partial charge in [0.05, 0.1) is 6.07 Å². The van der Waals surface area contributed by atoms with E-state index < -0.39 is 0 Å². The molecule has 1 atom stereocenters. The fourth-order valence-corrected chi connectivity index (χ4v) is 2.37. The molecule has 0 rings (SSSR count). The van der Waals surface area contributed by atoms with E-state index in [0.717, 1.165) is 19.4 Å². The lowest BCUT2D eigenvalue weighted by Gasteiger charge is -2.26. The normalized spacial score (nSPS) is 12.8. The van der Waals surface area contributed by atoms with Crippen LogP contribution in [-0.4, -0.2) is 36.5 Å². The van der Waals surface area contributed by atoms with Gasteiger partial charge in [0.25, 0.3) is 0 Å². The number of nitrogens with zero attached hydrogens (tertiary/aromatic N) is 2. The second kappa shape index (κ2) is 9.36. The summed E-state index contributed by atoms with van der Waals surface area (Å²) in [5.74, 6) is 1.21. The molecule has 0 amide bonds. The quantitative estimate of drug-likeness (QED) is 0.581. The Morgan fingerprint density at radius 2 is 2.14 bits per heavy atom. The van der Waals surface area contributed by atoms with Gasteiger partial charge in [-0.3, -0.25) is 0 Å². The molecule has 3 heteroatoms. The number of unbranched alkanes of at least 4 members (excludes halogenated alkanes) is 2. The average molecular weight is 214 g/mol. The van der Waals surface area contributed by atoms with E-state index in [9.17, 15) is 0 Å². The highest BCUT2D eigenvalue weighted by molar-refractivity contribution is 7.98. The summed E-state index contributed by atoms with van der Waals surface area (Å²) in [6, 6.07) is 2.89. The summed E-state index contributed by atoms with van der Waals surface area (Å²) in [4.78, 5) is 2.42. The molecule has 1 unspecified atom stereocenters.